The molecule has 0 saturated carbocycles. The number of ether oxygens (including phenoxy) is 2. The van der Waals surface area contributed by atoms with E-state index in [0.717, 1.165) is 12.5 Å². The molecular weight excluding hydrogens is 320 g/mol. The first-order valence-electron chi connectivity index (χ1n) is 6.83. The first kappa shape index (κ1) is 15.7. The van der Waals surface area contributed by atoms with Crippen LogP contribution in [-0.4, -0.2) is 35.9 Å². The van der Waals surface area contributed by atoms with Crippen LogP contribution in [0.3, 0.4) is 0 Å². The van der Waals surface area contributed by atoms with Crippen molar-refractivity contribution < 1.29 is 31.6 Å². The lowest BCUT2D eigenvalue weighted by Gasteiger charge is -2.17. The van der Waals surface area contributed by atoms with Gasteiger partial charge >= 0.3 is 12.5 Å². The molecule has 1 aliphatic rings. The lowest BCUT2D eigenvalue weighted by molar-refractivity contribution is -0.253. The Morgan fingerprint density at radius 3 is 2.74 bits per heavy atom. The largest absolute Gasteiger partial charge is 0.461 e. The van der Waals surface area contributed by atoms with Gasteiger partial charge < -0.3 is 14.0 Å². The summed E-state index contributed by atoms with van der Waals surface area (Å²) in [5.41, 5.74) is 0.0190. The minimum absolute atomic E-state index is 0.0190. The molecule has 1 atom stereocenters. The normalized spacial score (nSPS) is 18.6. The fraction of sp³-hybridized carbons (Fsp3) is 0.429. The smallest absolute Gasteiger partial charge is 0.427 e. The summed E-state index contributed by atoms with van der Waals surface area (Å²) in [7, 11) is 0. The van der Waals surface area contributed by atoms with E-state index in [-0.39, 0.29) is 17.4 Å². The maximum Gasteiger partial charge on any atom is 0.461 e. The summed E-state index contributed by atoms with van der Waals surface area (Å²) >= 11 is 0. The molecule has 0 amide bonds. The average Bonchev–Trinajstić information content (AvgIpc) is 3.18. The van der Waals surface area contributed by atoms with E-state index >= 15 is 0 Å². The zero-order chi connectivity index (χ0) is 16.4. The fourth-order valence-electron chi connectivity index (χ4n) is 2.17. The van der Waals surface area contributed by atoms with E-state index in [9.17, 15) is 17.6 Å². The fourth-order valence-corrected chi connectivity index (χ4v) is 2.17. The number of hydrogen-bond acceptors (Lipinski definition) is 5. The SMILES string of the molecule is FC(F)C(F)(F)Oc1ccccc1-c1nc([C@H]2CCOC2)no1. The predicted molar refractivity (Wildman–Crippen MR) is 69.5 cm³/mol. The van der Waals surface area contributed by atoms with Crippen LogP contribution in [-0.2, 0) is 4.74 Å². The molecule has 1 fully saturated rings. The molecule has 2 heterocycles. The summed E-state index contributed by atoms with van der Waals surface area (Å²) in [6.45, 7) is 1.02. The van der Waals surface area contributed by atoms with Gasteiger partial charge in [-0.3, -0.25) is 0 Å². The number of halogens is 4. The first-order valence-corrected chi connectivity index (χ1v) is 6.83. The number of hydrogen-bond donors (Lipinski definition) is 0. The van der Waals surface area contributed by atoms with Gasteiger partial charge in [0.2, 0.25) is 0 Å². The standard InChI is InChI=1S/C14H12F4N2O3/c15-13(16)14(17,18)22-10-4-2-1-3-9(10)12-19-11(20-23-12)8-5-6-21-7-8/h1-4,8,13H,5-7H2/t8-/m0/s1. The van der Waals surface area contributed by atoms with E-state index in [0.29, 0.717) is 19.0 Å². The van der Waals surface area contributed by atoms with Gasteiger partial charge in [0.15, 0.2) is 5.82 Å². The predicted octanol–water partition coefficient (Wildman–Crippen LogP) is 3.48. The number of nitrogens with zero attached hydrogens (tertiary/aromatic N) is 2. The zero-order valence-corrected chi connectivity index (χ0v) is 11.7. The van der Waals surface area contributed by atoms with Crippen LogP contribution in [0.4, 0.5) is 17.6 Å². The maximum atomic E-state index is 13.1. The molecule has 23 heavy (non-hydrogen) atoms. The van der Waals surface area contributed by atoms with Crippen LogP contribution >= 0.6 is 0 Å². The molecule has 0 N–H and O–H groups in total. The second-order valence-corrected chi connectivity index (χ2v) is 4.98. The summed E-state index contributed by atoms with van der Waals surface area (Å²) in [5.74, 6) is -0.195. The lowest BCUT2D eigenvalue weighted by Crippen LogP contribution is -2.33. The Kier molecular flexibility index (Phi) is 4.20. The van der Waals surface area contributed by atoms with Gasteiger partial charge in [0.1, 0.15) is 5.75 Å². The van der Waals surface area contributed by atoms with Crippen molar-refractivity contribution in [2.45, 2.75) is 24.9 Å². The summed E-state index contributed by atoms with van der Waals surface area (Å²) in [5, 5.41) is 3.79. The molecule has 0 aliphatic carbocycles. The second kappa shape index (κ2) is 6.15. The number of benzene rings is 1. The van der Waals surface area contributed by atoms with Crippen molar-refractivity contribution in [2.75, 3.05) is 13.2 Å². The van der Waals surface area contributed by atoms with E-state index in [1.807, 2.05) is 0 Å². The molecular formula is C14H12F4N2O3. The molecule has 0 unspecified atom stereocenters. The van der Waals surface area contributed by atoms with Gasteiger partial charge in [0, 0.05) is 12.5 Å². The summed E-state index contributed by atoms with van der Waals surface area (Å²) in [6, 6.07) is 5.40. The van der Waals surface area contributed by atoms with Crippen LogP contribution in [0.15, 0.2) is 28.8 Å². The molecule has 1 aliphatic heterocycles. The molecule has 1 aromatic heterocycles. The Morgan fingerprint density at radius 1 is 1.26 bits per heavy atom. The highest BCUT2D eigenvalue weighted by Gasteiger charge is 2.44. The Labute approximate surface area is 128 Å². The van der Waals surface area contributed by atoms with E-state index in [4.69, 9.17) is 9.26 Å². The van der Waals surface area contributed by atoms with Crippen molar-refractivity contribution in [3.63, 3.8) is 0 Å². The lowest BCUT2D eigenvalue weighted by atomic mass is 10.1. The van der Waals surface area contributed by atoms with Crippen LogP contribution in [0.5, 0.6) is 5.75 Å². The zero-order valence-electron chi connectivity index (χ0n) is 11.7. The highest BCUT2D eigenvalue weighted by atomic mass is 19.3. The average molecular weight is 332 g/mol. The molecule has 9 heteroatoms. The quantitative estimate of drug-likeness (QED) is 0.785. The summed E-state index contributed by atoms with van der Waals surface area (Å²) in [4.78, 5) is 4.13. The number of aromatic nitrogens is 2. The van der Waals surface area contributed by atoms with Crippen molar-refractivity contribution in [1.29, 1.82) is 0 Å². The molecule has 1 aromatic carbocycles. The van der Waals surface area contributed by atoms with Gasteiger partial charge in [-0.15, -0.1) is 0 Å². The number of para-hydroxylation sites is 1. The Bertz CT molecular complexity index is 672. The van der Waals surface area contributed by atoms with E-state index in [2.05, 4.69) is 14.9 Å². The molecule has 124 valence electrons. The van der Waals surface area contributed by atoms with Crippen LogP contribution in [0.1, 0.15) is 18.2 Å². The van der Waals surface area contributed by atoms with Gasteiger partial charge in [-0.25, -0.2) is 0 Å². The van der Waals surface area contributed by atoms with Gasteiger partial charge in [-0.05, 0) is 18.6 Å². The van der Waals surface area contributed by atoms with E-state index in [1.165, 1.54) is 18.2 Å². The van der Waals surface area contributed by atoms with E-state index in [1.54, 1.807) is 0 Å². The molecule has 1 saturated heterocycles. The number of rotatable bonds is 5. The van der Waals surface area contributed by atoms with E-state index < -0.39 is 18.3 Å². The van der Waals surface area contributed by atoms with Crippen LogP contribution < -0.4 is 4.74 Å². The summed E-state index contributed by atoms with van der Waals surface area (Å²) < 4.78 is 65.3. The van der Waals surface area contributed by atoms with Gasteiger partial charge in [-0.1, -0.05) is 17.3 Å². The Hall–Kier alpha value is -2.16. The van der Waals surface area contributed by atoms with Crippen molar-refractivity contribution in [3.8, 4) is 17.2 Å². The maximum absolute atomic E-state index is 13.1. The third-order valence-corrected chi connectivity index (χ3v) is 3.35. The molecule has 0 radical (unpaired) electrons. The molecule has 0 spiro atoms. The molecule has 5 nitrogen and oxygen atoms in total. The highest BCUT2D eigenvalue weighted by molar-refractivity contribution is 5.62. The van der Waals surface area contributed by atoms with Gasteiger partial charge in [-0.2, -0.15) is 22.5 Å². The third kappa shape index (κ3) is 3.29. The Balaban J connectivity index is 1.88. The minimum atomic E-state index is -4.61. The second-order valence-electron chi connectivity index (χ2n) is 4.98. The number of alkyl halides is 4. The van der Waals surface area contributed by atoms with Gasteiger partial charge in [0.05, 0.1) is 12.2 Å². The summed E-state index contributed by atoms with van der Waals surface area (Å²) in [6.07, 6.45) is -7.84. The Morgan fingerprint density at radius 2 is 2.04 bits per heavy atom. The molecule has 0 bridgehead atoms. The van der Waals surface area contributed by atoms with Crippen molar-refractivity contribution >= 4 is 0 Å². The van der Waals surface area contributed by atoms with Crippen LogP contribution in [0.2, 0.25) is 0 Å². The molecule has 2 aromatic rings. The van der Waals surface area contributed by atoms with Crippen LogP contribution in [0.25, 0.3) is 11.5 Å². The van der Waals surface area contributed by atoms with Crippen molar-refractivity contribution in [3.05, 3.63) is 30.1 Å². The van der Waals surface area contributed by atoms with Gasteiger partial charge in [0.25, 0.3) is 5.89 Å². The highest BCUT2D eigenvalue weighted by Crippen LogP contribution is 2.35. The van der Waals surface area contributed by atoms with Crippen molar-refractivity contribution in [2.24, 2.45) is 0 Å². The van der Waals surface area contributed by atoms with Crippen molar-refractivity contribution in [1.82, 2.24) is 10.1 Å². The third-order valence-electron chi connectivity index (χ3n) is 3.35. The van der Waals surface area contributed by atoms with Crippen LogP contribution in [0, 0.1) is 0 Å². The first-order chi connectivity index (χ1) is 11.0. The monoisotopic (exact) mass is 332 g/mol. The minimum Gasteiger partial charge on any atom is -0.427 e. The molecule has 3 rings (SSSR count). The topological polar surface area (TPSA) is 57.4 Å².